The molecule has 108 valence electrons. The summed E-state index contributed by atoms with van der Waals surface area (Å²) >= 11 is 1.61. The molecule has 6 nitrogen and oxygen atoms in total. The van der Waals surface area contributed by atoms with E-state index in [1.54, 1.807) is 17.7 Å². The lowest BCUT2D eigenvalue weighted by Crippen LogP contribution is -2.20. The summed E-state index contributed by atoms with van der Waals surface area (Å²) in [5, 5.41) is 11.3. The van der Waals surface area contributed by atoms with Crippen LogP contribution in [0.1, 0.15) is 28.5 Å². The molecular formula is C13H18N4O2S. The summed E-state index contributed by atoms with van der Waals surface area (Å²) in [6.07, 6.45) is 2.02. The fourth-order valence-corrected chi connectivity index (χ4v) is 2.81. The van der Waals surface area contributed by atoms with E-state index in [0.29, 0.717) is 6.42 Å². The molecule has 2 rings (SSSR count). The molecule has 0 aliphatic carbocycles. The largest absolute Gasteiger partial charge is 0.469 e. The Labute approximate surface area is 121 Å². The van der Waals surface area contributed by atoms with Crippen LogP contribution in [0.15, 0.2) is 18.5 Å². The Kier molecular flexibility index (Phi) is 4.86. The summed E-state index contributed by atoms with van der Waals surface area (Å²) < 4.78 is 6.56. The third-order valence-corrected chi connectivity index (χ3v) is 4.06. The van der Waals surface area contributed by atoms with Crippen LogP contribution in [0.4, 0.5) is 0 Å². The Bertz CT molecular complexity index is 578. The second-order valence-electron chi connectivity index (χ2n) is 4.52. The number of aromatic nitrogens is 3. The van der Waals surface area contributed by atoms with Crippen molar-refractivity contribution in [1.82, 2.24) is 20.1 Å². The van der Waals surface area contributed by atoms with Crippen LogP contribution in [0.3, 0.4) is 0 Å². The van der Waals surface area contributed by atoms with Gasteiger partial charge in [-0.2, -0.15) is 0 Å². The zero-order chi connectivity index (χ0) is 14.5. The predicted octanol–water partition coefficient (Wildman–Crippen LogP) is 1.44. The number of thiophene rings is 1. The van der Waals surface area contributed by atoms with Crippen LogP contribution in [-0.4, -0.2) is 27.8 Å². The number of methoxy groups -OCH3 is 1. The third-order valence-electron chi connectivity index (χ3n) is 2.98. The number of nitrogens with zero attached hydrogens (tertiary/aromatic N) is 3. The first-order valence-electron chi connectivity index (χ1n) is 6.32. The second kappa shape index (κ2) is 6.62. The van der Waals surface area contributed by atoms with E-state index in [4.69, 9.17) is 0 Å². The first-order valence-corrected chi connectivity index (χ1v) is 7.13. The standard InChI is InChI=1S/C13H18N4O2S/c1-9(13-16-15-8-17(13)2)14-7-11-5-4-10(20-11)6-12(18)19-3/h4-5,8-9,14H,6-7H2,1-3H3. The fraction of sp³-hybridized carbons (Fsp3) is 0.462. The minimum Gasteiger partial charge on any atom is -0.469 e. The number of hydrogen-bond acceptors (Lipinski definition) is 6. The van der Waals surface area contributed by atoms with Crippen molar-refractivity contribution in [2.24, 2.45) is 7.05 Å². The molecule has 0 fully saturated rings. The molecule has 2 heterocycles. The van der Waals surface area contributed by atoms with Crippen molar-refractivity contribution in [3.05, 3.63) is 34.0 Å². The van der Waals surface area contributed by atoms with Crippen LogP contribution in [0, 0.1) is 0 Å². The summed E-state index contributed by atoms with van der Waals surface area (Å²) in [5.41, 5.74) is 0. The van der Waals surface area contributed by atoms with Crippen LogP contribution < -0.4 is 5.32 Å². The highest BCUT2D eigenvalue weighted by Gasteiger charge is 2.11. The van der Waals surface area contributed by atoms with Crippen LogP contribution in [0.2, 0.25) is 0 Å². The molecule has 0 saturated heterocycles. The van der Waals surface area contributed by atoms with E-state index in [-0.39, 0.29) is 12.0 Å². The topological polar surface area (TPSA) is 69.0 Å². The average molecular weight is 294 g/mol. The summed E-state index contributed by atoms with van der Waals surface area (Å²) in [5.74, 6) is 0.690. The number of hydrogen-bond donors (Lipinski definition) is 1. The van der Waals surface area contributed by atoms with Gasteiger partial charge in [0.1, 0.15) is 12.2 Å². The van der Waals surface area contributed by atoms with Crippen LogP contribution >= 0.6 is 11.3 Å². The number of carbonyl (C=O) groups is 1. The van der Waals surface area contributed by atoms with Gasteiger partial charge in [-0.15, -0.1) is 21.5 Å². The first kappa shape index (κ1) is 14.7. The highest BCUT2D eigenvalue weighted by molar-refractivity contribution is 7.12. The lowest BCUT2D eigenvalue weighted by molar-refractivity contribution is -0.139. The quantitative estimate of drug-likeness (QED) is 0.817. The van der Waals surface area contributed by atoms with Crippen LogP contribution in [-0.2, 0) is 29.5 Å². The van der Waals surface area contributed by atoms with Crippen molar-refractivity contribution in [3.8, 4) is 0 Å². The maximum atomic E-state index is 11.2. The summed E-state index contributed by atoms with van der Waals surface area (Å²) in [6.45, 7) is 2.78. The highest BCUT2D eigenvalue weighted by Crippen LogP contribution is 2.18. The molecule has 0 radical (unpaired) electrons. The lowest BCUT2D eigenvalue weighted by atomic mass is 10.3. The Balaban J connectivity index is 1.88. The molecule has 20 heavy (non-hydrogen) atoms. The van der Waals surface area contributed by atoms with Crippen molar-refractivity contribution < 1.29 is 9.53 Å². The molecule has 7 heteroatoms. The van der Waals surface area contributed by atoms with Gasteiger partial charge in [-0.25, -0.2) is 0 Å². The molecule has 2 aromatic heterocycles. The SMILES string of the molecule is COC(=O)Cc1ccc(CNC(C)c2nncn2C)s1. The van der Waals surface area contributed by atoms with E-state index in [2.05, 4.69) is 20.3 Å². The molecule has 0 aliphatic rings. The van der Waals surface area contributed by atoms with Gasteiger partial charge in [0.15, 0.2) is 0 Å². The minimum absolute atomic E-state index is 0.119. The Morgan fingerprint density at radius 3 is 2.90 bits per heavy atom. The Morgan fingerprint density at radius 2 is 2.25 bits per heavy atom. The number of ether oxygens (including phenoxy) is 1. The molecule has 0 bridgehead atoms. The minimum atomic E-state index is -0.209. The molecule has 2 aromatic rings. The molecule has 0 saturated carbocycles. The maximum Gasteiger partial charge on any atom is 0.310 e. The number of aryl methyl sites for hydroxylation is 1. The molecular weight excluding hydrogens is 276 g/mol. The summed E-state index contributed by atoms with van der Waals surface area (Å²) in [4.78, 5) is 13.4. The van der Waals surface area contributed by atoms with Crippen LogP contribution in [0.5, 0.6) is 0 Å². The number of carbonyl (C=O) groups excluding carboxylic acids is 1. The number of esters is 1. The van der Waals surface area contributed by atoms with E-state index in [0.717, 1.165) is 17.2 Å². The summed E-state index contributed by atoms with van der Waals surface area (Å²) in [6, 6.07) is 4.11. The normalized spacial score (nSPS) is 12.3. The third kappa shape index (κ3) is 3.64. The molecule has 0 aromatic carbocycles. The zero-order valence-corrected chi connectivity index (χ0v) is 12.6. The van der Waals surface area contributed by atoms with Crippen molar-refractivity contribution in [2.75, 3.05) is 7.11 Å². The highest BCUT2D eigenvalue weighted by atomic mass is 32.1. The van der Waals surface area contributed by atoms with E-state index in [1.807, 2.05) is 30.7 Å². The zero-order valence-electron chi connectivity index (χ0n) is 11.8. The first-order chi connectivity index (χ1) is 9.60. The fourth-order valence-electron chi connectivity index (χ4n) is 1.86. The van der Waals surface area contributed by atoms with E-state index in [9.17, 15) is 4.79 Å². The van der Waals surface area contributed by atoms with E-state index < -0.39 is 0 Å². The van der Waals surface area contributed by atoms with E-state index >= 15 is 0 Å². The molecule has 0 spiro atoms. The average Bonchev–Trinajstić information content (AvgIpc) is 3.05. The Hall–Kier alpha value is -1.73. The number of nitrogens with one attached hydrogen (secondary N) is 1. The van der Waals surface area contributed by atoms with Gasteiger partial charge in [0, 0.05) is 23.3 Å². The van der Waals surface area contributed by atoms with Crippen LogP contribution in [0.25, 0.3) is 0 Å². The van der Waals surface area contributed by atoms with Gasteiger partial charge in [0.2, 0.25) is 0 Å². The van der Waals surface area contributed by atoms with Crippen molar-refractivity contribution in [1.29, 1.82) is 0 Å². The van der Waals surface area contributed by atoms with Gasteiger partial charge >= 0.3 is 5.97 Å². The Morgan fingerprint density at radius 1 is 1.50 bits per heavy atom. The van der Waals surface area contributed by atoms with Gasteiger partial charge in [-0.05, 0) is 19.1 Å². The second-order valence-corrected chi connectivity index (χ2v) is 5.78. The predicted molar refractivity (Wildman–Crippen MR) is 76.3 cm³/mol. The van der Waals surface area contributed by atoms with Crippen molar-refractivity contribution in [2.45, 2.75) is 25.9 Å². The summed E-state index contributed by atoms with van der Waals surface area (Å²) in [7, 11) is 3.33. The van der Waals surface area contributed by atoms with Gasteiger partial charge in [0.25, 0.3) is 0 Å². The molecule has 1 unspecified atom stereocenters. The molecule has 0 aliphatic heterocycles. The maximum absolute atomic E-state index is 11.2. The van der Waals surface area contributed by atoms with Gasteiger partial charge in [0.05, 0.1) is 19.6 Å². The van der Waals surface area contributed by atoms with Gasteiger partial charge in [-0.3, -0.25) is 4.79 Å². The van der Waals surface area contributed by atoms with Crippen molar-refractivity contribution in [3.63, 3.8) is 0 Å². The van der Waals surface area contributed by atoms with Gasteiger partial charge in [-0.1, -0.05) is 0 Å². The monoisotopic (exact) mass is 294 g/mol. The van der Waals surface area contributed by atoms with Crippen molar-refractivity contribution >= 4 is 17.3 Å². The lowest BCUT2D eigenvalue weighted by Gasteiger charge is -2.11. The smallest absolute Gasteiger partial charge is 0.310 e. The van der Waals surface area contributed by atoms with Gasteiger partial charge < -0.3 is 14.6 Å². The number of rotatable bonds is 6. The molecule has 1 N–H and O–H groups in total. The van der Waals surface area contributed by atoms with E-state index in [1.165, 1.54) is 12.0 Å². The molecule has 1 atom stereocenters. The molecule has 0 amide bonds.